The Morgan fingerprint density at radius 1 is 1.17 bits per heavy atom. The fraction of sp³-hybridized carbons (Fsp3) is 0.696. The van der Waals surface area contributed by atoms with Crippen LogP contribution in [0, 0.1) is 5.92 Å². The van der Waals surface area contributed by atoms with E-state index >= 15 is 0 Å². The van der Waals surface area contributed by atoms with Gasteiger partial charge in [0.15, 0.2) is 0 Å². The van der Waals surface area contributed by atoms with Crippen LogP contribution >= 0.6 is 11.3 Å². The van der Waals surface area contributed by atoms with Crippen molar-refractivity contribution in [3.63, 3.8) is 0 Å². The molecule has 1 atom stereocenters. The van der Waals surface area contributed by atoms with Crippen molar-refractivity contribution in [2.24, 2.45) is 5.92 Å². The highest BCUT2D eigenvalue weighted by Gasteiger charge is 2.32. The van der Waals surface area contributed by atoms with Crippen molar-refractivity contribution >= 4 is 27.5 Å². The first-order valence-electron chi connectivity index (χ1n) is 11.2. The summed E-state index contributed by atoms with van der Waals surface area (Å²) in [7, 11) is 6.15. The lowest BCUT2D eigenvalue weighted by atomic mass is 9.82. The van der Waals surface area contributed by atoms with Crippen LogP contribution in [0.15, 0.2) is 6.33 Å². The normalized spacial score (nSPS) is 23.8. The molecular weight excluding hydrogens is 396 g/mol. The van der Waals surface area contributed by atoms with Crippen molar-refractivity contribution in [2.75, 3.05) is 34.3 Å². The third kappa shape index (κ3) is 4.39. The van der Waals surface area contributed by atoms with Gasteiger partial charge in [-0.15, -0.1) is 11.3 Å². The number of hydrogen-bond donors (Lipinski definition) is 1. The Kier molecular flexibility index (Phi) is 6.70. The van der Waals surface area contributed by atoms with Gasteiger partial charge in [-0.05, 0) is 76.4 Å². The Bertz CT molecular complexity index is 889. The van der Waals surface area contributed by atoms with Gasteiger partial charge in [-0.25, -0.2) is 9.97 Å². The lowest BCUT2D eigenvalue weighted by Crippen LogP contribution is -2.32. The van der Waals surface area contributed by atoms with E-state index in [0.717, 1.165) is 24.1 Å². The van der Waals surface area contributed by atoms with Gasteiger partial charge in [-0.3, -0.25) is 4.79 Å². The number of aromatic nitrogens is 2. The van der Waals surface area contributed by atoms with E-state index in [0.29, 0.717) is 24.9 Å². The zero-order chi connectivity index (χ0) is 21.3. The number of fused-ring (bicyclic) bond motifs is 3. The molecule has 30 heavy (non-hydrogen) atoms. The Labute approximate surface area is 183 Å². The van der Waals surface area contributed by atoms with Gasteiger partial charge in [0.05, 0.1) is 12.3 Å². The number of amides is 1. The molecule has 0 bridgehead atoms. The molecule has 0 aromatic carbocycles. The van der Waals surface area contributed by atoms with E-state index in [4.69, 9.17) is 10.1 Å². The molecule has 1 unspecified atom stereocenters. The number of aliphatic hydroxyl groups excluding tert-OH is 1. The average molecular weight is 431 g/mol. The standard InChI is InChI=1S/C23H34N4O2S/c1-26(2)17-7-4-15(5-8-17)12-18-22-21-16(13-20(29)27(3)10-11-28)6-9-19(21)30-23(22)25-14-24-18/h14-17,28H,4-13H2,1-3H3/t15-,16?,17-. The molecule has 0 saturated heterocycles. The van der Waals surface area contributed by atoms with E-state index in [1.807, 2.05) is 0 Å². The molecule has 0 radical (unpaired) electrons. The Hall–Kier alpha value is -1.57. The highest BCUT2D eigenvalue weighted by atomic mass is 32.1. The minimum Gasteiger partial charge on any atom is -0.395 e. The molecule has 4 rings (SSSR count). The van der Waals surface area contributed by atoms with Crippen molar-refractivity contribution in [1.82, 2.24) is 19.8 Å². The zero-order valence-electron chi connectivity index (χ0n) is 18.4. The van der Waals surface area contributed by atoms with Crippen molar-refractivity contribution in [2.45, 2.75) is 63.3 Å². The van der Waals surface area contributed by atoms with Crippen LogP contribution in [0.2, 0.25) is 0 Å². The van der Waals surface area contributed by atoms with Gasteiger partial charge in [0.1, 0.15) is 11.2 Å². The third-order valence-electron chi connectivity index (χ3n) is 7.12. The second-order valence-electron chi connectivity index (χ2n) is 9.26. The molecule has 1 amide bonds. The van der Waals surface area contributed by atoms with Crippen molar-refractivity contribution in [1.29, 1.82) is 0 Å². The third-order valence-corrected chi connectivity index (χ3v) is 8.29. The molecule has 7 heteroatoms. The number of nitrogens with zero attached hydrogens (tertiary/aromatic N) is 4. The second kappa shape index (κ2) is 9.28. The van der Waals surface area contributed by atoms with E-state index in [-0.39, 0.29) is 18.4 Å². The van der Waals surface area contributed by atoms with E-state index < -0.39 is 0 Å². The molecule has 2 aromatic heterocycles. The van der Waals surface area contributed by atoms with Crippen LogP contribution in [-0.2, 0) is 17.6 Å². The lowest BCUT2D eigenvalue weighted by Gasteiger charge is -2.32. The summed E-state index contributed by atoms with van der Waals surface area (Å²) in [4.78, 5) is 28.4. The second-order valence-corrected chi connectivity index (χ2v) is 10.3. The number of thiophene rings is 1. The maximum Gasteiger partial charge on any atom is 0.223 e. The van der Waals surface area contributed by atoms with Crippen LogP contribution in [0.5, 0.6) is 0 Å². The lowest BCUT2D eigenvalue weighted by molar-refractivity contribution is -0.130. The van der Waals surface area contributed by atoms with E-state index in [1.165, 1.54) is 47.2 Å². The number of carbonyl (C=O) groups is 1. The number of likely N-dealkylation sites (N-methyl/N-ethyl adjacent to an activating group) is 1. The van der Waals surface area contributed by atoms with Gasteiger partial charge < -0.3 is 14.9 Å². The number of aryl methyl sites for hydroxylation is 1. The molecule has 2 aliphatic carbocycles. The summed E-state index contributed by atoms with van der Waals surface area (Å²) in [6.07, 6.45) is 10.4. The minimum atomic E-state index is 0.00753. The summed E-state index contributed by atoms with van der Waals surface area (Å²) < 4.78 is 0. The highest BCUT2D eigenvalue weighted by Crippen LogP contribution is 2.46. The highest BCUT2D eigenvalue weighted by molar-refractivity contribution is 7.18. The largest absolute Gasteiger partial charge is 0.395 e. The predicted molar refractivity (Wildman–Crippen MR) is 121 cm³/mol. The van der Waals surface area contributed by atoms with E-state index in [9.17, 15) is 4.79 Å². The monoisotopic (exact) mass is 430 g/mol. The molecule has 1 N–H and O–H groups in total. The van der Waals surface area contributed by atoms with Gasteiger partial charge in [-0.2, -0.15) is 0 Å². The van der Waals surface area contributed by atoms with Crippen molar-refractivity contribution < 1.29 is 9.90 Å². The average Bonchev–Trinajstić information content (AvgIpc) is 3.28. The fourth-order valence-corrected chi connectivity index (χ4v) is 6.53. The van der Waals surface area contributed by atoms with Crippen molar-refractivity contribution in [3.05, 3.63) is 22.5 Å². The molecule has 0 spiro atoms. The summed E-state index contributed by atoms with van der Waals surface area (Å²) in [5, 5.41) is 10.4. The van der Waals surface area contributed by atoms with Crippen molar-refractivity contribution in [3.8, 4) is 0 Å². The number of rotatable bonds is 7. The first-order chi connectivity index (χ1) is 14.5. The molecule has 0 aliphatic heterocycles. The molecule has 1 fully saturated rings. The Morgan fingerprint density at radius 2 is 1.93 bits per heavy atom. The number of aliphatic hydroxyl groups is 1. The van der Waals surface area contributed by atoms with Crippen LogP contribution in [0.4, 0.5) is 0 Å². The summed E-state index contributed by atoms with van der Waals surface area (Å²) in [5.41, 5.74) is 2.53. The predicted octanol–water partition coefficient (Wildman–Crippen LogP) is 3.22. The van der Waals surface area contributed by atoms with Gasteiger partial charge in [0.25, 0.3) is 0 Å². The Balaban J connectivity index is 1.54. The Morgan fingerprint density at radius 3 is 2.63 bits per heavy atom. The molecule has 1 saturated carbocycles. The summed E-state index contributed by atoms with van der Waals surface area (Å²) in [5.74, 6) is 1.05. The quantitative estimate of drug-likeness (QED) is 0.730. The van der Waals surface area contributed by atoms with E-state index in [1.54, 1.807) is 29.6 Å². The molecule has 164 valence electrons. The topological polar surface area (TPSA) is 69.6 Å². The summed E-state index contributed by atoms with van der Waals surface area (Å²) >= 11 is 1.79. The molecule has 2 heterocycles. The summed E-state index contributed by atoms with van der Waals surface area (Å²) in [6, 6.07) is 0.711. The van der Waals surface area contributed by atoms with Gasteiger partial charge in [0, 0.05) is 36.3 Å². The van der Waals surface area contributed by atoms with Gasteiger partial charge in [-0.1, -0.05) is 0 Å². The van der Waals surface area contributed by atoms with Crippen LogP contribution in [0.1, 0.15) is 60.6 Å². The maximum atomic E-state index is 12.6. The molecule has 2 aromatic rings. The SMILES string of the molecule is CN(CCO)C(=O)CC1CCc2sc3ncnc(C[C@H]4CC[C@H](N(C)C)CC4)c3c21. The van der Waals surface area contributed by atoms with Crippen LogP contribution in [-0.4, -0.2) is 71.1 Å². The smallest absolute Gasteiger partial charge is 0.223 e. The number of hydrogen-bond acceptors (Lipinski definition) is 6. The molecule has 2 aliphatic rings. The first-order valence-corrected chi connectivity index (χ1v) is 12.1. The van der Waals surface area contributed by atoms with Gasteiger partial charge >= 0.3 is 0 Å². The maximum absolute atomic E-state index is 12.6. The minimum absolute atomic E-state index is 0.00753. The van der Waals surface area contributed by atoms with Crippen LogP contribution < -0.4 is 0 Å². The van der Waals surface area contributed by atoms with E-state index in [2.05, 4.69) is 24.0 Å². The number of carbonyl (C=O) groups excluding carboxylic acids is 1. The van der Waals surface area contributed by atoms with Crippen LogP contribution in [0.3, 0.4) is 0 Å². The molecular formula is C23H34N4O2S. The molecule has 6 nitrogen and oxygen atoms in total. The zero-order valence-corrected chi connectivity index (χ0v) is 19.2. The van der Waals surface area contributed by atoms with Gasteiger partial charge in [0.2, 0.25) is 5.91 Å². The first kappa shape index (κ1) is 21.7. The summed E-state index contributed by atoms with van der Waals surface area (Å²) in [6.45, 7) is 0.403. The fourth-order valence-electron chi connectivity index (χ4n) is 5.27. The van der Waals surface area contributed by atoms with Crippen LogP contribution in [0.25, 0.3) is 10.2 Å².